The van der Waals surface area contributed by atoms with E-state index in [1.165, 1.54) is 0 Å². The van der Waals surface area contributed by atoms with E-state index in [9.17, 15) is 0 Å². The van der Waals surface area contributed by atoms with E-state index < -0.39 is 0 Å². The lowest BCUT2D eigenvalue weighted by atomic mass is 10.0. The average molecular weight is 718 g/mol. The van der Waals surface area contributed by atoms with Crippen molar-refractivity contribution in [2.45, 2.75) is 0 Å². The van der Waals surface area contributed by atoms with Crippen LogP contribution in [0.5, 0.6) is 0 Å². The zero-order valence-electron chi connectivity index (χ0n) is 30.4. The van der Waals surface area contributed by atoms with Crippen LogP contribution in [0.3, 0.4) is 0 Å². The van der Waals surface area contributed by atoms with Crippen LogP contribution in [-0.2, 0) is 0 Å². The Labute approximate surface area is 325 Å². The highest BCUT2D eigenvalue weighted by atomic mass is 15.2. The molecule has 0 radical (unpaired) electrons. The topological polar surface area (TPSA) is 46.8 Å². The molecule has 0 N–H and O–H groups in total. The second-order valence-corrected chi connectivity index (χ2v) is 13.7. The number of aromatic nitrogens is 4. The minimum atomic E-state index is 0.575. The maximum absolute atomic E-state index is 5.19. The number of fused-ring (bicyclic) bond motifs is 3. The van der Waals surface area contributed by atoms with Crippen molar-refractivity contribution in [3.8, 4) is 51.0 Å². The summed E-state index contributed by atoms with van der Waals surface area (Å²) in [6.45, 7) is 0. The first-order valence-corrected chi connectivity index (χ1v) is 18.8. The molecule has 0 spiro atoms. The molecule has 2 aromatic heterocycles. The van der Waals surface area contributed by atoms with Crippen molar-refractivity contribution < 1.29 is 0 Å². The molecule has 0 aliphatic carbocycles. The summed E-state index contributed by atoms with van der Waals surface area (Å²) < 4.78 is 2.16. The Morgan fingerprint density at radius 3 is 1.36 bits per heavy atom. The highest BCUT2D eigenvalue weighted by molar-refractivity contribution is 6.09. The Morgan fingerprint density at radius 2 is 0.732 bits per heavy atom. The van der Waals surface area contributed by atoms with E-state index in [4.69, 9.17) is 15.0 Å². The van der Waals surface area contributed by atoms with E-state index in [1.807, 2.05) is 18.2 Å². The predicted molar refractivity (Wildman–Crippen MR) is 231 cm³/mol. The molecule has 264 valence electrons. The molecule has 0 bridgehead atoms. The van der Waals surface area contributed by atoms with Crippen LogP contribution in [0.2, 0.25) is 0 Å². The lowest BCUT2D eigenvalue weighted by Gasteiger charge is -2.25. The van der Waals surface area contributed by atoms with Crippen LogP contribution in [-0.4, -0.2) is 19.5 Å². The summed E-state index contributed by atoms with van der Waals surface area (Å²) in [5.74, 6) is 1.80. The zero-order valence-corrected chi connectivity index (χ0v) is 30.4. The van der Waals surface area contributed by atoms with Gasteiger partial charge in [0.25, 0.3) is 0 Å². The van der Waals surface area contributed by atoms with Gasteiger partial charge in [-0.05, 0) is 76.9 Å². The molecule has 10 rings (SSSR count). The Kier molecular flexibility index (Phi) is 8.43. The Morgan fingerprint density at radius 1 is 0.304 bits per heavy atom. The maximum atomic E-state index is 5.19. The fourth-order valence-electron chi connectivity index (χ4n) is 7.57. The van der Waals surface area contributed by atoms with Crippen molar-refractivity contribution in [2.24, 2.45) is 0 Å². The van der Waals surface area contributed by atoms with E-state index in [1.54, 1.807) is 0 Å². The maximum Gasteiger partial charge on any atom is 0.238 e. The smallest absolute Gasteiger partial charge is 0.238 e. The second kappa shape index (κ2) is 14.3. The van der Waals surface area contributed by atoms with E-state index in [0.717, 1.165) is 72.2 Å². The SMILES string of the molecule is c1ccc(-c2cccc(-c3nc(-c4ccc(-c5cccc(N(c6ccccc6)c6ccccc6)c5)cc4)nc(-n4c5ccccc5c5ccccc54)n3)c2)cc1. The molecule has 0 saturated heterocycles. The van der Waals surface area contributed by atoms with Crippen LogP contribution >= 0.6 is 0 Å². The van der Waals surface area contributed by atoms with Gasteiger partial charge in [0, 0.05) is 39.0 Å². The average Bonchev–Trinajstić information content (AvgIpc) is 3.62. The number of hydrogen-bond donors (Lipinski definition) is 0. The molecule has 0 saturated carbocycles. The fraction of sp³-hybridized carbons (Fsp3) is 0. The van der Waals surface area contributed by atoms with Gasteiger partial charge < -0.3 is 4.90 Å². The third-order valence-electron chi connectivity index (χ3n) is 10.2. The van der Waals surface area contributed by atoms with Gasteiger partial charge in [-0.3, -0.25) is 4.57 Å². The fourth-order valence-corrected chi connectivity index (χ4v) is 7.57. The second-order valence-electron chi connectivity index (χ2n) is 13.7. The molecular formula is C51H35N5. The van der Waals surface area contributed by atoms with Gasteiger partial charge in [0.2, 0.25) is 5.95 Å². The molecule has 0 aliphatic rings. The summed E-state index contributed by atoms with van der Waals surface area (Å²) in [5.41, 5.74) is 11.7. The van der Waals surface area contributed by atoms with Crippen LogP contribution in [0.1, 0.15) is 0 Å². The van der Waals surface area contributed by atoms with Gasteiger partial charge in [-0.15, -0.1) is 0 Å². The van der Waals surface area contributed by atoms with Gasteiger partial charge in [-0.25, -0.2) is 4.98 Å². The molecule has 10 aromatic rings. The molecule has 0 amide bonds. The molecule has 0 fully saturated rings. The van der Waals surface area contributed by atoms with E-state index in [-0.39, 0.29) is 0 Å². The number of nitrogens with zero attached hydrogens (tertiary/aromatic N) is 5. The standard InChI is InChI=1S/C51H35N5/c1-4-16-36(17-5-1)39-18-14-20-41(34-39)50-52-49(53-51(54-50)56-47-28-12-10-26-45(47)46-27-11-13-29-48(46)56)38-32-30-37(31-33-38)40-19-15-25-44(35-40)55(42-21-6-2-7-22-42)43-23-8-3-9-24-43/h1-35H. The highest BCUT2D eigenvalue weighted by Gasteiger charge is 2.18. The largest absolute Gasteiger partial charge is 0.310 e. The van der Waals surface area contributed by atoms with Gasteiger partial charge >= 0.3 is 0 Å². The van der Waals surface area contributed by atoms with Crippen molar-refractivity contribution in [1.29, 1.82) is 0 Å². The van der Waals surface area contributed by atoms with Gasteiger partial charge in [0.05, 0.1) is 11.0 Å². The highest BCUT2D eigenvalue weighted by Crippen LogP contribution is 2.37. The van der Waals surface area contributed by atoms with Crippen LogP contribution in [0.15, 0.2) is 212 Å². The van der Waals surface area contributed by atoms with Crippen molar-refractivity contribution in [3.63, 3.8) is 0 Å². The first-order chi connectivity index (χ1) is 27.8. The number of para-hydroxylation sites is 4. The third-order valence-corrected chi connectivity index (χ3v) is 10.2. The Bertz CT molecular complexity index is 2860. The number of benzene rings is 8. The van der Waals surface area contributed by atoms with Gasteiger partial charge in [-0.2, -0.15) is 9.97 Å². The summed E-state index contributed by atoms with van der Waals surface area (Å²) >= 11 is 0. The van der Waals surface area contributed by atoms with Crippen LogP contribution in [0, 0.1) is 0 Å². The molecule has 56 heavy (non-hydrogen) atoms. The van der Waals surface area contributed by atoms with Crippen LogP contribution < -0.4 is 4.90 Å². The Hall–Kier alpha value is -7.63. The summed E-state index contributed by atoms with van der Waals surface area (Å²) in [5, 5.41) is 2.31. The van der Waals surface area contributed by atoms with E-state index >= 15 is 0 Å². The number of rotatable bonds is 8. The minimum absolute atomic E-state index is 0.575. The third kappa shape index (κ3) is 6.17. The summed E-state index contributed by atoms with van der Waals surface area (Å²) in [4.78, 5) is 17.8. The van der Waals surface area contributed by atoms with Crippen LogP contribution in [0.4, 0.5) is 17.1 Å². The molecule has 0 aliphatic heterocycles. The molecule has 8 aromatic carbocycles. The predicted octanol–water partition coefficient (Wildman–Crippen LogP) is 13.1. The molecule has 2 heterocycles. The summed E-state index contributed by atoms with van der Waals surface area (Å²) in [7, 11) is 0. The summed E-state index contributed by atoms with van der Waals surface area (Å²) in [6, 6.07) is 73.9. The number of hydrogen-bond acceptors (Lipinski definition) is 4. The molecule has 5 heteroatoms. The van der Waals surface area contributed by atoms with Gasteiger partial charge in [0.15, 0.2) is 11.6 Å². The van der Waals surface area contributed by atoms with Gasteiger partial charge in [-0.1, -0.05) is 158 Å². The summed E-state index contributed by atoms with van der Waals surface area (Å²) in [6.07, 6.45) is 0. The molecular weight excluding hydrogens is 683 g/mol. The lowest BCUT2D eigenvalue weighted by molar-refractivity contribution is 0.953. The zero-order chi connectivity index (χ0) is 37.3. The Balaban J connectivity index is 1.08. The first-order valence-electron chi connectivity index (χ1n) is 18.8. The number of anilines is 3. The minimum Gasteiger partial charge on any atom is -0.310 e. The van der Waals surface area contributed by atoms with E-state index in [2.05, 4.69) is 204 Å². The molecule has 0 unspecified atom stereocenters. The van der Waals surface area contributed by atoms with Crippen molar-refractivity contribution in [1.82, 2.24) is 19.5 Å². The van der Waals surface area contributed by atoms with Gasteiger partial charge in [0.1, 0.15) is 0 Å². The van der Waals surface area contributed by atoms with Crippen LogP contribution in [0.25, 0.3) is 72.8 Å². The quantitative estimate of drug-likeness (QED) is 0.157. The molecule has 0 atom stereocenters. The van der Waals surface area contributed by atoms with Crippen molar-refractivity contribution in [3.05, 3.63) is 212 Å². The lowest BCUT2D eigenvalue weighted by Crippen LogP contribution is -2.09. The molecule has 5 nitrogen and oxygen atoms in total. The van der Waals surface area contributed by atoms with Crippen molar-refractivity contribution in [2.75, 3.05) is 4.90 Å². The monoisotopic (exact) mass is 717 g/mol. The van der Waals surface area contributed by atoms with Crippen molar-refractivity contribution >= 4 is 38.9 Å². The van der Waals surface area contributed by atoms with E-state index in [0.29, 0.717) is 17.6 Å². The normalized spacial score (nSPS) is 11.2. The first kappa shape index (κ1) is 33.0.